The minimum atomic E-state index is -1.21. The zero-order valence-electron chi connectivity index (χ0n) is 9.75. The molecule has 0 bridgehead atoms. The molecule has 0 fully saturated rings. The normalized spacial score (nSPS) is 11.8. The van der Waals surface area contributed by atoms with Gasteiger partial charge in [0.15, 0.2) is 0 Å². The average Bonchev–Trinajstić information content (AvgIpc) is 2.31. The van der Waals surface area contributed by atoms with Crippen molar-refractivity contribution >= 4 is 29.2 Å². The van der Waals surface area contributed by atoms with E-state index < -0.39 is 17.7 Å². The number of hydrogen-bond acceptors (Lipinski definition) is 2. The summed E-state index contributed by atoms with van der Waals surface area (Å²) in [5, 5.41) is 11.0. The molecule has 0 saturated carbocycles. The highest BCUT2D eigenvalue weighted by Gasteiger charge is 2.15. The summed E-state index contributed by atoms with van der Waals surface area (Å²) in [6, 6.07) is 3.96. The number of nitrogens with one attached hydrogen (secondary N) is 1. The van der Waals surface area contributed by atoms with Crippen molar-refractivity contribution in [1.82, 2.24) is 0 Å². The van der Waals surface area contributed by atoms with Gasteiger partial charge in [0.1, 0.15) is 5.82 Å². The monoisotopic (exact) mass is 271 g/mol. The van der Waals surface area contributed by atoms with Crippen LogP contribution in [0.25, 0.3) is 0 Å². The number of amides is 1. The summed E-state index contributed by atoms with van der Waals surface area (Å²) in [5.74, 6) is -2.60. The number of rotatable bonds is 3. The zero-order valence-corrected chi connectivity index (χ0v) is 10.5. The fourth-order valence-electron chi connectivity index (χ4n) is 1.16. The maximum absolute atomic E-state index is 13.4. The van der Waals surface area contributed by atoms with Gasteiger partial charge in [0, 0.05) is 11.1 Å². The van der Waals surface area contributed by atoms with Crippen molar-refractivity contribution in [2.45, 2.75) is 13.8 Å². The molecule has 0 spiro atoms. The molecule has 1 amide bonds. The van der Waals surface area contributed by atoms with Gasteiger partial charge < -0.3 is 10.4 Å². The van der Waals surface area contributed by atoms with Crippen molar-refractivity contribution in [3.8, 4) is 0 Å². The molecule has 0 aromatic heterocycles. The van der Waals surface area contributed by atoms with Gasteiger partial charge in [-0.3, -0.25) is 4.79 Å². The van der Waals surface area contributed by atoms with Crippen molar-refractivity contribution in [2.75, 3.05) is 5.32 Å². The molecular weight excluding hydrogens is 261 g/mol. The van der Waals surface area contributed by atoms with Crippen LogP contribution >= 0.6 is 11.6 Å². The molecule has 0 saturated heterocycles. The van der Waals surface area contributed by atoms with Gasteiger partial charge in [-0.25, -0.2) is 9.18 Å². The Labute approximate surface area is 108 Å². The van der Waals surface area contributed by atoms with Crippen LogP contribution in [-0.4, -0.2) is 17.0 Å². The van der Waals surface area contributed by atoms with Crippen molar-refractivity contribution in [1.29, 1.82) is 0 Å². The first-order chi connectivity index (χ1) is 8.34. The standard InChI is InChI=1S/C12H11ClFNO3/c1-6(7(2)12(17)18)11(16)15-10-8(13)4-3-5-9(10)14/h3-5H,1-2H3,(H,15,16)(H,17,18)/b7-6+. The lowest BCUT2D eigenvalue weighted by molar-refractivity contribution is -0.133. The van der Waals surface area contributed by atoms with Crippen LogP contribution in [0.2, 0.25) is 5.02 Å². The van der Waals surface area contributed by atoms with E-state index in [9.17, 15) is 14.0 Å². The summed E-state index contributed by atoms with van der Waals surface area (Å²) in [6.07, 6.45) is 0. The zero-order chi connectivity index (χ0) is 13.9. The maximum atomic E-state index is 13.4. The molecule has 0 aliphatic carbocycles. The van der Waals surface area contributed by atoms with Crippen LogP contribution in [0.3, 0.4) is 0 Å². The number of hydrogen-bond donors (Lipinski definition) is 2. The Bertz CT molecular complexity index is 520. The fourth-order valence-corrected chi connectivity index (χ4v) is 1.37. The third-order valence-corrected chi connectivity index (χ3v) is 2.74. The van der Waals surface area contributed by atoms with Gasteiger partial charge in [0.25, 0.3) is 5.91 Å². The lowest BCUT2D eigenvalue weighted by Crippen LogP contribution is -2.17. The van der Waals surface area contributed by atoms with Crippen LogP contribution in [0.1, 0.15) is 13.8 Å². The highest BCUT2D eigenvalue weighted by Crippen LogP contribution is 2.25. The third kappa shape index (κ3) is 3.07. The van der Waals surface area contributed by atoms with E-state index in [1.807, 2.05) is 0 Å². The quantitative estimate of drug-likeness (QED) is 0.831. The fraction of sp³-hybridized carbons (Fsp3) is 0.167. The van der Waals surface area contributed by atoms with E-state index in [1.165, 1.54) is 26.0 Å². The van der Waals surface area contributed by atoms with Gasteiger partial charge in [-0.15, -0.1) is 0 Å². The van der Waals surface area contributed by atoms with Crippen LogP contribution in [0.5, 0.6) is 0 Å². The summed E-state index contributed by atoms with van der Waals surface area (Å²) >= 11 is 5.73. The molecule has 1 aromatic rings. The summed E-state index contributed by atoms with van der Waals surface area (Å²) in [5.41, 5.74) is -0.288. The predicted octanol–water partition coefficient (Wildman–Crippen LogP) is 2.84. The Morgan fingerprint density at radius 2 is 1.89 bits per heavy atom. The topological polar surface area (TPSA) is 66.4 Å². The second kappa shape index (κ2) is 5.64. The van der Waals surface area contributed by atoms with Crippen LogP contribution in [0, 0.1) is 5.82 Å². The average molecular weight is 272 g/mol. The van der Waals surface area contributed by atoms with Gasteiger partial charge in [-0.1, -0.05) is 17.7 Å². The molecule has 0 aliphatic rings. The Hall–Kier alpha value is -1.88. The van der Waals surface area contributed by atoms with E-state index in [4.69, 9.17) is 16.7 Å². The molecule has 1 rings (SSSR count). The highest BCUT2D eigenvalue weighted by atomic mass is 35.5. The van der Waals surface area contributed by atoms with Crippen LogP contribution in [-0.2, 0) is 9.59 Å². The van der Waals surface area contributed by atoms with Gasteiger partial charge in [-0.05, 0) is 26.0 Å². The molecule has 96 valence electrons. The summed E-state index contributed by atoms with van der Waals surface area (Å²) in [7, 11) is 0. The molecule has 1 aromatic carbocycles. The van der Waals surface area contributed by atoms with Gasteiger partial charge in [0.05, 0.1) is 10.7 Å². The number of carbonyl (C=O) groups excluding carboxylic acids is 1. The molecule has 4 nitrogen and oxygen atoms in total. The number of aliphatic carboxylic acids is 1. The molecule has 2 N–H and O–H groups in total. The molecular formula is C12H11ClFNO3. The SMILES string of the molecule is C/C(C(=O)O)=C(/C)C(=O)Nc1c(F)cccc1Cl. The smallest absolute Gasteiger partial charge is 0.331 e. The van der Waals surface area contributed by atoms with Gasteiger partial charge >= 0.3 is 5.97 Å². The number of halogens is 2. The third-order valence-electron chi connectivity index (χ3n) is 2.43. The van der Waals surface area contributed by atoms with Crippen molar-refractivity contribution in [3.05, 3.63) is 40.2 Å². The van der Waals surface area contributed by atoms with E-state index in [0.717, 1.165) is 6.07 Å². The minimum Gasteiger partial charge on any atom is -0.478 e. The summed E-state index contributed by atoms with van der Waals surface area (Å²) in [6.45, 7) is 2.63. The van der Waals surface area contributed by atoms with Crippen LogP contribution in [0.4, 0.5) is 10.1 Å². The number of carboxylic acid groups (broad SMARTS) is 1. The van der Waals surface area contributed by atoms with Gasteiger partial charge in [0.2, 0.25) is 0 Å². The molecule has 0 unspecified atom stereocenters. The largest absolute Gasteiger partial charge is 0.478 e. The first-order valence-corrected chi connectivity index (χ1v) is 5.38. The van der Waals surface area contributed by atoms with E-state index in [2.05, 4.69) is 5.32 Å². The van der Waals surface area contributed by atoms with Crippen molar-refractivity contribution in [2.24, 2.45) is 0 Å². The molecule has 6 heteroatoms. The maximum Gasteiger partial charge on any atom is 0.331 e. The second-order valence-corrected chi connectivity index (χ2v) is 4.01. The Balaban J connectivity index is 3.03. The van der Waals surface area contributed by atoms with Crippen molar-refractivity contribution in [3.63, 3.8) is 0 Å². The van der Waals surface area contributed by atoms with Crippen LogP contribution < -0.4 is 5.32 Å². The number of benzene rings is 1. The first kappa shape index (κ1) is 14.2. The highest BCUT2D eigenvalue weighted by molar-refractivity contribution is 6.34. The Morgan fingerprint density at radius 3 is 2.39 bits per heavy atom. The predicted molar refractivity (Wildman–Crippen MR) is 66.0 cm³/mol. The molecule has 0 heterocycles. The molecule has 0 aliphatic heterocycles. The number of carbonyl (C=O) groups is 2. The van der Waals surface area contributed by atoms with E-state index in [1.54, 1.807) is 0 Å². The molecule has 18 heavy (non-hydrogen) atoms. The van der Waals surface area contributed by atoms with E-state index in [0.29, 0.717) is 0 Å². The Kier molecular flexibility index (Phi) is 4.44. The minimum absolute atomic E-state index is 0.0122. The second-order valence-electron chi connectivity index (χ2n) is 3.61. The Morgan fingerprint density at radius 1 is 1.28 bits per heavy atom. The lowest BCUT2D eigenvalue weighted by atomic mass is 10.1. The van der Waals surface area contributed by atoms with Crippen molar-refractivity contribution < 1.29 is 19.1 Å². The molecule has 0 atom stereocenters. The van der Waals surface area contributed by atoms with Gasteiger partial charge in [-0.2, -0.15) is 0 Å². The lowest BCUT2D eigenvalue weighted by Gasteiger charge is -2.09. The molecule has 0 radical (unpaired) electrons. The number of anilines is 1. The van der Waals surface area contributed by atoms with Crippen LogP contribution in [0.15, 0.2) is 29.3 Å². The van der Waals surface area contributed by atoms with E-state index >= 15 is 0 Å². The number of para-hydroxylation sites is 1. The summed E-state index contributed by atoms with van der Waals surface area (Å²) < 4.78 is 13.4. The summed E-state index contributed by atoms with van der Waals surface area (Å²) in [4.78, 5) is 22.4. The number of carboxylic acids is 1. The van der Waals surface area contributed by atoms with E-state index in [-0.39, 0.29) is 21.9 Å². The first-order valence-electron chi connectivity index (χ1n) is 5.00.